The van der Waals surface area contributed by atoms with Crippen LogP contribution in [0.1, 0.15) is 0 Å². The Balaban J connectivity index is 2.30. The van der Waals surface area contributed by atoms with E-state index < -0.39 is 17.4 Å². The number of aliphatic hydroxyl groups excluding tert-OH is 1. The Bertz CT molecular complexity index is 851. The number of nitrogens with one attached hydrogen (secondary N) is 1. The van der Waals surface area contributed by atoms with Crippen molar-refractivity contribution < 1.29 is 10.0 Å². The zero-order valence-electron chi connectivity index (χ0n) is 14.1. The summed E-state index contributed by atoms with van der Waals surface area (Å²) in [6.45, 7) is 9.57. The molecule has 0 aromatic carbocycles. The zero-order valence-corrected chi connectivity index (χ0v) is 14.1. The van der Waals surface area contributed by atoms with Crippen molar-refractivity contribution in [3.05, 3.63) is 52.5 Å². The molecule has 0 bridgehead atoms. The number of aliphatic hydroxyl groups is 1. The minimum atomic E-state index is -0.667. The van der Waals surface area contributed by atoms with E-state index in [1.165, 1.54) is 17.9 Å². The van der Waals surface area contributed by atoms with Crippen LogP contribution < -0.4 is 16.1 Å². The van der Waals surface area contributed by atoms with Gasteiger partial charge in [-0.3, -0.25) is 13.9 Å². The monoisotopic (exact) mass is 334 g/mol. The van der Waals surface area contributed by atoms with Gasteiger partial charge in [-0.05, 0) is 12.2 Å². The molecule has 0 aliphatic carbocycles. The number of rotatable bonds is 8. The predicted octanol–water partition coefficient (Wildman–Crippen LogP) is -1.95. The molecule has 0 amide bonds. The highest BCUT2D eigenvalue weighted by Crippen LogP contribution is 2.06. The van der Waals surface area contributed by atoms with Crippen molar-refractivity contribution in [3.63, 3.8) is 0 Å². The molecular formula is C16H24N5O3+. The minimum absolute atomic E-state index is 0.224. The molecule has 2 heterocycles. The lowest BCUT2D eigenvalue weighted by Crippen LogP contribution is -3.12. The lowest BCUT2D eigenvalue weighted by Gasteiger charge is -2.20. The van der Waals surface area contributed by atoms with Gasteiger partial charge < -0.3 is 14.6 Å². The Morgan fingerprint density at radius 2 is 1.88 bits per heavy atom. The molecule has 0 aliphatic heterocycles. The van der Waals surface area contributed by atoms with Crippen LogP contribution >= 0.6 is 0 Å². The van der Waals surface area contributed by atoms with E-state index in [-0.39, 0.29) is 6.54 Å². The van der Waals surface area contributed by atoms with Crippen molar-refractivity contribution in [2.75, 3.05) is 19.6 Å². The number of hydrogen-bond donors (Lipinski definition) is 2. The van der Waals surface area contributed by atoms with E-state index in [0.29, 0.717) is 30.8 Å². The van der Waals surface area contributed by atoms with Crippen LogP contribution in [0.5, 0.6) is 0 Å². The highest BCUT2D eigenvalue weighted by molar-refractivity contribution is 5.69. The van der Waals surface area contributed by atoms with Crippen LogP contribution in [0.4, 0.5) is 0 Å². The van der Waals surface area contributed by atoms with Crippen LogP contribution in [0.3, 0.4) is 0 Å². The fraction of sp³-hybridized carbons (Fsp3) is 0.438. The molecule has 2 aromatic rings. The van der Waals surface area contributed by atoms with E-state index in [2.05, 4.69) is 18.1 Å². The third-order valence-corrected chi connectivity index (χ3v) is 4.01. The Kier molecular flexibility index (Phi) is 5.53. The molecule has 24 heavy (non-hydrogen) atoms. The van der Waals surface area contributed by atoms with Crippen molar-refractivity contribution in [1.82, 2.24) is 18.7 Å². The third kappa shape index (κ3) is 3.39. The van der Waals surface area contributed by atoms with Gasteiger partial charge in [0.15, 0.2) is 11.2 Å². The van der Waals surface area contributed by atoms with Crippen LogP contribution in [-0.4, -0.2) is 49.5 Å². The third-order valence-electron chi connectivity index (χ3n) is 4.01. The van der Waals surface area contributed by atoms with Gasteiger partial charge in [0.1, 0.15) is 12.6 Å². The van der Waals surface area contributed by atoms with E-state index >= 15 is 0 Å². The zero-order chi connectivity index (χ0) is 17.9. The molecule has 2 rings (SSSR count). The normalized spacial score (nSPS) is 12.7. The summed E-state index contributed by atoms with van der Waals surface area (Å²) in [5.41, 5.74) is -0.214. The second-order valence-electron chi connectivity index (χ2n) is 5.87. The van der Waals surface area contributed by atoms with Gasteiger partial charge in [0.2, 0.25) is 0 Å². The molecule has 0 aliphatic rings. The molecule has 0 radical (unpaired) electrons. The highest BCUT2D eigenvalue weighted by atomic mass is 16.3. The first-order chi connectivity index (χ1) is 11.4. The van der Waals surface area contributed by atoms with Crippen molar-refractivity contribution in [2.24, 2.45) is 14.1 Å². The van der Waals surface area contributed by atoms with Gasteiger partial charge in [-0.2, -0.15) is 0 Å². The molecule has 2 N–H and O–H groups in total. The van der Waals surface area contributed by atoms with Gasteiger partial charge >= 0.3 is 5.69 Å². The van der Waals surface area contributed by atoms with E-state index in [9.17, 15) is 14.7 Å². The summed E-state index contributed by atoms with van der Waals surface area (Å²) in [5, 5.41) is 10.4. The molecule has 130 valence electrons. The molecule has 8 nitrogen and oxygen atoms in total. The number of aryl methyl sites for hydroxylation is 1. The standard InChI is InChI=1S/C16H23N5O3/c1-5-7-20(8-6-2)9-12(22)10-21-11-17-14-13(21)15(23)19(4)16(24)18(14)3/h5-6,11-12,22H,1-2,7-10H2,3-4H3/p+1/t12-/m0/s1. The quantitative estimate of drug-likeness (QED) is 0.550. The number of imidazole rings is 1. The minimum Gasteiger partial charge on any atom is -0.385 e. The van der Waals surface area contributed by atoms with Gasteiger partial charge in [-0.25, -0.2) is 9.78 Å². The molecule has 0 fully saturated rings. The van der Waals surface area contributed by atoms with Gasteiger partial charge in [-0.15, -0.1) is 0 Å². The summed E-state index contributed by atoms with van der Waals surface area (Å²) in [7, 11) is 3.00. The Hall–Kier alpha value is -2.45. The first-order valence-electron chi connectivity index (χ1n) is 7.75. The van der Waals surface area contributed by atoms with E-state index in [4.69, 9.17) is 0 Å². The SMILES string of the molecule is C=CC[NH+](CC=C)C[C@H](O)Cn1cnc2c1c(=O)n(C)c(=O)n2C. The summed E-state index contributed by atoms with van der Waals surface area (Å²) in [5.74, 6) is 0. The molecule has 8 heteroatoms. The Morgan fingerprint density at radius 1 is 1.25 bits per heavy atom. The maximum atomic E-state index is 12.4. The molecule has 0 saturated carbocycles. The molecule has 0 saturated heterocycles. The molecule has 1 atom stereocenters. The van der Waals surface area contributed by atoms with Crippen molar-refractivity contribution in [1.29, 1.82) is 0 Å². The summed E-state index contributed by atoms with van der Waals surface area (Å²) < 4.78 is 3.97. The predicted molar refractivity (Wildman–Crippen MR) is 92.2 cm³/mol. The summed E-state index contributed by atoms with van der Waals surface area (Å²) in [6.07, 6.45) is 4.40. The molecule has 0 unspecified atom stereocenters. The maximum Gasteiger partial charge on any atom is 0.332 e. The van der Waals surface area contributed by atoms with Crippen LogP contribution in [-0.2, 0) is 20.6 Å². The molecule has 0 spiro atoms. The number of aromatic nitrogens is 4. The van der Waals surface area contributed by atoms with E-state index in [1.807, 2.05) is 0 Å². The smallest absolute Gasteiger partial charge is 0.332 e. The van der Waals surface area contributed by atoms with Crippen molar-refractivity contribution >= 4 is 11.2 Å². The number of hydrogen-bond acceptors (Lipinski definition) is 4. The van der Waals surface area contributed by atoms with Crippen LogP contribution in [0, 0.1) is 0 Å². The first-order valence-corrected chi connectivity index (χ1v) is 7.75. The summed E-state index contributed by atoms with van der Waals surface area (Å²) in [6, 6.07) is 0. The second-order valence-corrected chi connectivity index (χ2v) is 5.87. The molecular weight excluding hydrogens is 310 g/mol. The van der Waals surface area contributed by atoms with Crippen molar-refractivity contribution in [3.8, 4) is 0 Å². The van der Waals surface area contributed by atoms with Crippen LogP contribution in [0.2, 0.25) is 0 Å². The van der Waals surface area contributed by atoms with Crippen LogP contribution in [0.25, 0.3) is 11.2 Å². The average molecular weight is 334 g/mol. The Morgan fingerprint density at radius 3 is 2.46 bits per heavy atom. The lowest BCUT2D eigenvalue weighted by atomic mass is 10.3. The maximum absolute atomic E-state index is 12.4. The first kappa shape index (κ1) is 17.9. The number of fused-ring (bicyclic) bond motifs is 1. The van der Waals surface area contributed by atoms with Gasteiger partial charge in [0.25, 0.3) is 5.56 Å². The van der Waals surface area contributed by atoms with Crippen molar-refractivity contribution in [2.45, 2.75) is 12.6 Å². The lowest BCUT2D eigenvalue weighted by molar-refractivity contribution is -0.891. The van der Waals surface area contributed by atoms with E-state index in [1.54, 1.807) is 23.8 Å². The van der Waals surface area contributed by atoms with Gasteiger partial charge in [-0.1, -0.05) is 13.2 Å². The Labute approximate surface area is 139 Å². The molecule has 2 aromatic heterocycles. The second kappa shape index (κ2) is 7.41. The fourth-order valence-electron chi connectivity index (χ4n) is 2.82. The van der Waals surface area contributed by atoms with E-state index in [0.717, 1.165) is 9.47 Å². The summed E-state index contributed by atoms with van der Waals surface area (Å²) >= 11 is 0. The largest absolute Gasteiger partial charge is 0.385 e. The van der Waals surface area contributed by atoms with Gasteiger partial charge in [0, 0.05) is 14.1 Å². The summed E-state index contributed by atoms with van der Waals surface area (Å²) in [4.78, 5) is 29.6. The topological polar surface area (TPSA) is 86.5 Å². The fourth-order valence-corrected chi connectivity index (χ4v) is 2.82. The van der Waals surface area contributed by atoms with Crippen LogP contribution in [0.15, 0.2) is 41.2 Å². The highest BCUT2D eigenvalue weighted by Gasteiger charge is 2.18. The average Bonchev–Trinajstić information content (AvgIpc) is 2.95. The van der Waals surface area contributed by atoms with Gasteiger partial charge in [0.05, 0.1) is 26.0 Å². The number of quaternary nitrogens is 1. The number of nitrogens with zero attached hydrogens (tertiary/aromatic N) is 4.